The summed E-state index contributed by atoms with van der Waals surface area (Å²) in [5.74, 6) is -6.41. The van der Waals surface area contributed by atoms with Crippen molar-refractivity contribution in [3.8, 4) is 69.0 Å². The number of benzene rings is 4. The van der Waals surface area contributed by atoms with Gasteiger partial charge in [0.05, 0.1) is 46.7 Å². The molecule has 16 atom stereocenters. The van der Waals surface area contributed by atoms with Crippen molar-refractivity contribution in [1.82, 2.24) is 0 Å². The average molecular weight is 1200 g/mol. The number of carbonyl (C=O) groups is 2. The van der Waals surface area contributed by atoms with Crippen molar-refractivity contribution in [1.29, 1.82) is 0 Å². The van der Waals surface area contributed by atoms with Crippen molar-refractivity contribution in [2.24, 2.45) is 0 Å². The van der Waals surface area contributed by atoms with Crippen LogP contribution in [0.15, 0.2) is 66.4 Å². The summed E-state index contributed by atoms with van der Waals surface area (Å²) in [6.07, 6.45) is -23.8. The van der Waals surface area contributed by atoms with E-state index in [1.54, 1.807) is 0 Å². The lowest BCUT2D eigenvalue weighted by Crippen LogP contribution is -2.60. The van der Waals surface area contributed by atoms with Gasteiger partial charge in [0.15, 0.2) is 40.3 Å². The number of carbonyl (C=O) groups excluding carboxylic acids is 2. The van der Waals surface area contributed by atoms with Gasteiger partial charge in [-0.05, 0) is 59.7 Å². The topological polar surface area (TPSA) is 461 Å². The van der Waals surface area contributed by atoms with E-state index in [1.165, 1.54) is 70.9 Å². The molecule has 0 spiro atoms. The quantitative estimate of drug-likeness (QED) is 0.0203. The Kier molecular flexibility index (Phi) is 19.9. The Labute approximate surface area is 481 Å². The summed E-state index contributed by atoms with van der Waals surface area (Å²) in [5, 5.41) is 162. The van der Waals surface area contributed by atoms with E-state index in [2.05, 4.69) is 4.74 Å². The third kappa shape index (κ3) is 13.7. The molecule has 0 saturated carbocycles. The molecule has 30 nitrogen and oxygen atoms in total. The van der Waals surface area contributed by atoms with Gasteiger partial charge < -0.3 is 138 Å². The zero-order valence-corrected chi connectivity index (χ0v) is 45.2. The van der Waals surface area contributed by atoms with Crippen molar-refractivity contribution in [3.63, 3.8) is 0 Å². The van der Waals surface area contributed by atoms with Gasteiger partial charge in [0.2, 0.25) is 36.1 Å². The lowest BCUT2D eigenvalue weighted by atomic mass is 9.98. The Morgan fingerprint density at radius 3 is 1.39 bits per heavy atom. The molecular weight excluding hydrogens is 1140 g/mol. The normalized spacial score (nSPS) is 29.2. The van der Waals surface area contributed by atoms with Crippen molar-refractivity contribution >= 4 is 30.2 Å². The molecule has 0 amide bonds. The maximum absolute atomic E-state index is 12.8. The van der Waals surface area contributed by atoms with E-state index in [4.69, 9.17) is 56.8 Å². The first-order chi connectivity index (χ1) is 40.5. The van der Waals surface area contributed by atoms with Crippen LogP contribution in [0.3, 0.4) is 0 Å². The zero-order chi connectivity index (χ0) is 61.7. The molecule has 8 rings (SSSR count). The molecule has 85 heavy (non-hydrogen) atoms. The second kappa shape index (κ2) is 26.9. The van der Waals surface area contributed by atoms with E-state index < -0.39 is 153 Å². The fourth-order valence-corrected chi connectivity index (χ4v) is 9.18. The Hall–Kier alpha value is -8.08. The van der Waals surface area contributed by atoms with Crippen LogP contribution in [0.2, 0.25) is 0 Å². The van der Waals surface area contributed by atoms with Gasteiger partial charge in [0.25, 0.3) is 11.9 Å². The molecule has 30 heteroatoms. The van der Waals surface area contributed by atoms with Crippen LogP contribution < -0.4 is 28.4 Å². The molecule has 4 aromatic rings. The summed E-state index contributed by atoms with van der Waals surface area (Å²) in [7, 11) is 5.22. The van der Waals surface area contributed by atoms with Crippen LogP contribution in [0.1, 0.15) is 28.4 Å². The molecule has 3 saturated heterocycles. The van der Waals surface area contributed by atoms with Crippen LogP contribution in [0.5, 0.6) is 69.0 Å². The Balaban J connectivity index is 1.02. The predicted molar refractivity (Wildman–Crippen MR) is 282 cm³/mol. The van der Waals surface area contributed by atoms with Crippen LogP contribution in [0.25, 0.3) is 18.2 Å². The molecular formula is C55H63O30+. The predicted octanol–water partition coefficient (Wildman–Crippen LogP) is -1.71. The summed E-state index contributed by atoms with van der Waals surface area (Å²) >= 11 is 0. The Bertz CT molecular complexity index is 3080. The fraction of sp³-hybridized carbons (Fsp3) is 0.418. The van der Waals surface area contributed by atoms with Gasteiger partial charge in [-0.2, -0.15) is 0 Å². The summed E-state index contributed by atoms with van der Waals surface area (Å²) < 4.78 is 70.4. The molecule has 0 radical (unpaired) electrons. The number of ether oxygens (including phenoxy) is 13. The van der Waals surface area contributed by atoms with E-state index in [1.807, 2.05) is 0 Å². The number of fused-ring (bicyclic) bond motifs is 1. The summed E-state index contributed by atoms with van der Waals surface area (Å²) in [6.45, 7) is -2.32. The first-order valence-electron chi connectivity index (χ1n) is 25.6. The first kappa shape index (κ1) is 63.0. The minimum Gasteiger partial charge on any atom is -0.571 e. The number of hydrogen-bond acceptors (Lipinski definition) is 29. The third-order valence-corrected chi connectivity index (χ3v) is 13.9. The highest BCUT2D eigenvalue weighted by Gasteiger charge is 2.49. The number of phenols is 5. The van der Waals surface area contributed by atoms with Gasteiger partial charge in [0.1, 0.15) is 104 Å². The third-order valence-electron chi connectivity index (χ3n) is 13.9. The first-order valence-corrected chi connectivity index (χ1v) is 25.6. The number of phenolic OH excluding ortho intramolecular Hbond substituents is 5. The van der Waals surface area contributed by atoms with Crippen LogP contribution in [-0.2, 0) is 38.0 Å². The lowest BCUT2D eigenvalue weighted by molar-refractivity contribution is -0.295. The van der Waals surface area contributed by atoms with Crippen molar-refractivity contribution in [3.05, 3.63) is 88.7 Å². The van der Waals surface area contributed by atoms with Crippen molar-refractivity contribution in [2.45, 2.75) is 98.2 Å². The van der Waals surface area contributed by atoms with Crippen LogP contribution in [-0.4, -0.2) is 234 Å². The highest BCUT2D eigenvalue weighted by molar-refractivity contribution is 5.88. The number of aliphatic hydroxyl groups excluding tert-OH is 10. The molecule has 0 aliphatic carbocycles. The van der Waals surface area contributed by atoms with Gasteiger partial charge in [-0.3, -0.25) is 0 Å². The van der Waals surface area contributed by atoms with E-state index in [0.717, 1.165) is 36.4 Å². The number of aliphatic hydroxyl groups is 11. The van der Waals surface area contributed by atoms with Gasteiger partial charge in [-0.1, -0.05) is 0 Å². The number of aromatic hydroxyl groups is 6. The van der Waals surface area contributed by atoms with Crippen LogP contribution >= 0.6 is 0 Å². The fourth-order valence-electron chi connectivity index (χ4n) is 9.18. The SMILES string of the molecule is COc1cc(C=CC(=O)OCC2OC(Oc3cc(O)c4c(c3)[OH+]C(c3cc(O)c(O)c(OC5OC(COC(=O)C=Cc6cc(OC)c(O)c(OC)c6)C(O)C(O)C5O)c3)C(OC3OC(CO)C(O)C(O)C3O)=C4)C(O)C(O)C2O)cc(OC)c1O. The van der Waals surface area contributed by atoms with Gasteiger partial charge >= 0.3 is 11.9 Å². The summed E-state index contributed by atoms with van der Waals surface area (Å²) in [4.78, 5) is 25.6. The maximum atomic E-state index is 12.8. The van der Waals surface area contributed by atoms with Gasteiger partial charge in [-0.15, -0.1) is 0 Å². The van der Waals surface area contributed by atoms with Crippen molar-refractivity contribution < 1.29 is 148 Å². The number of hydrogen-bond donors (Lipinski definition) is 15. The number of methoxy groups -OCH3 is 4. The minimum atomic E-state index is -2.08. The smallest absolute Gasteiger partial charge is 0.330 e. The second-order valence-corrected chi connectivity index (χ2v) is 19.4. The van der Waals surface area contributed by atoms with E-state index >= 15 is 0 Å². The highest BCUT2D eigenvalue weighted by atomic mass is 16.7. The molecule has 16 N–H and O–H groups in total. The van der Waals surface area contributed by atoms with Gasteiger partial charge in [0, 0.05) is 24.3 Å². The van der Waals surface area contributed by atoms with Crippen LogP contribution in [0.4, 0.5) is 0 Å². The van der Waals surface area contributed by atoms with Crippen molar-refractivity contribution in [2.75, 3.05) is 48.3 Å². The summed E-state index contributed by atoms with van der Waals surface area (Å²) in [6, 6.07) is 9.77. The molecule has 0 aromatic heterocycles. The van der Waals surface area contributed by atoms with E-state index in [0.29, 0.717) is 11.1 Å². The van der Waals surface area contributed by atoms with Crippen LogP contribution in [0, 0.1) is 0 Å². The van der Waals surface area contributed by atoms with E-state index in [9.17, 15) is 86.2 Å². The molecule has 3 fully saturated rings. The molecule has 462 valence electrons. The monoisotopic (exact) mass is 1200 g/mol. The largest absolute Gasteiger partial charge is 0.571 e. The molecule has 0 bridgehead atoms. The van der Waals surface area contributed by atoms with Gasteiger partial charge in [-0.25, -0.2) is 9.59 Å². The highest BCUT2D eigenvalue weighted by Crippen LogP contribution is 2.49. The average Bonchev–Trinajstić information content (AvgIpc) is 1.32. The number of esters is 2. The summed E-state index contributed by atoms with van der Waals surface area (Å²) in [5.41, 5.74) is 0.379. The standard InChI is InChI=1S/C55H62O30/c1-73-29-9-21(10-30(74-2)41(29)62)5-7-38(59)77-19-36-44(65)47(68)49(70)53(84-36)79-24-15-26(57)25-17-34(82-55-50(71)46(67)43(64)35(18-56)83-55)52(80-28(25)16-24)23-13-27(58)40(61)33(14-23)81-54-51(72)48(69)45(66)37(85-54)20-78-39(60)8-6-22-11-31(75-3)42(63)32(12-22)76-4/h5-17,35-37,43-58,61-72H,18-20H2,1-4H3/p+1. The Morgan fingerprint density at radius 1 is 0.494 bits per heavy atom. The maximum Gasteiger partial charge on any atom is 0.330 e. The number of rotatable bonds is 20. The Morgan fingerprint density at radius 2 is 0.929 bits per heavy atom. The minimum absolute atomic E-state index is 0.0325. The molecule has 4 aromatic carbocycles. The molecule has 4 aliphatic heterocycles. The zero-order valence-electron chi connectivity index (χ0n) is 45.2. The lowest BCUT2D eigenvalue weighted by Gasteiger charge is -2.40. The molecule has 4 heterocycles. The van der Waals surface area contributed by atoms with E-state index in [-0.39, 0.29) is 62.9 Å². The second-order valence-electron chi connectivity index (χ2n) is 19.4. The molecule has 16 unspecified atom stereocenters. The molecule has 4 aliphatic rings.